The van der Waals surface area contributed by atoms with Gasteiger partial charge >= 0.3 is 12.1 Å². The highest BCUT2D eigenvalue weighted by Crippen LogP contribution is 2.43. The summed E-state index contributed by atoms with van der Waals surface area (Å²) < 4.78 is 10.1. The normalized spacial score (nSPS) is 29.2. The van der Waals surface area contributed by atoms with Crippen LogP contribution in [0.4, 0.5) is 4.79 Å². The Balaban J connectivity index is 1.82. The number of fused-ring (bicyclic) bond motifs is 1. The van der Waals surface area contributed by atoms with Crippen LogP contribution >= 0.6 is 0 Å². The standard InChI is InChI=1S/C15H25NO4/c1-15(2,3)20-14(18)16-8-11-5-10(6-12(11)9-16)7-13(17)19-4/h10-12H,5-9H2,1-4H3/t10?,11-,12+. The van der Waals surface area contributed by atoms with Gasteiger partial charge in [-0.2, -0.15) is 0 Å². The highest BCUT2D eigenvalue weighted by molar-refractivity contribution is 5.70. The molecule has 2 rings (SSSR count). The Kier molecular flexibility index (Phi) is 4.25. The van der Waals surface area contributed by atoms with Gasteiger partial charge in [-0.05, 0) is 51.4 Å². The molecule has 1 amide bonds. The Bertz CT molecular complexity index is 374. The van der Waals surface area contributed by atoms with Crippen molar-refractivity contribution >= 4 is 12.1 Å². The molecule has 0 bridgehead atoms. The molecule has 0 aromatic rings. The monoisotopic (exact) mass is 283 g/mol. The van der Waals surface area contributed by atoms with Crippen LogP contribution in [-0.2, 0) is 14.3 Å². The largest absolute Gasteiger partial charge is 0.469 e. The zero-order chi connectivity index (χ0) is 14.9. The number of hydrogen-bond donors (Lipinski definition) is 0. The predicted molar refractivity (Wildman–Crippen MR) is 74.1 cm³/mol. The smallest absolute Gasteiger partial charge is 0.410 e. The van der Waals surface area contributed by atoms with Crippen molar-refractivity contribution in [2.24, 2.45) is 17.8 Å². The van der Waals surface area contributed by atoms with Crippen LogP contribution in [0.2, 0.25) is 0 Å². The second kappa shape index (κ2) is 5.62. The number of carbonyl (C=O) groups excluding carboxylic acids is 2. The molecule has 1 aliphatic carbocycles. The third-order valence-corrected chi connectivity index (χ3v) is 4.18. The van der Waals surface area contributed by atoms with Crippen molar-refractivity contribution in [2.45, 2.75) is 45.6 Å². The van der Waals surface area contributed by atoms with Crippen LogP contribution in [0.3, 0.4) is 0 Å². The Hall–Kier alpha value is -1.26. The number of hydrogen-bond acceptors (Lipinski definition) is 4. The summed E-state index contributed by atoms with van der Waals surface area (Å²) in [7, 11) is 1.43. The van der Waals surface area contributed by atoms with Crippen LogP contribution in [0.1, 0.15) is 40.0 Å². The highest BCUT2D eigenvalue weighted by Gasteiger charge is 2.43. The first kappa shape index (κ1) is 15.1. The Labute approximate surface area is 120 Å². The van der Waals surface area contributed by atoms with Gasteiger partial charge in [0, 0.05) is 19.5 Å². The average molecular weight is 283 g/mol. The van der Waals surface area contributed by atoms with E-state index in [1.54, 1.807) is 0 Å². The summed E-state index contributed by atoms with van der Waals surface area (Å²) in [6.45, 7) is 7.17. The zero-order valence-corrected chi connectivity index (χ0v) is 12.8. The molecule has 0 N–H and O–H groups in total. The number of likely N-dealkylation sites (tertiary alicyclic amines) is 1. The molecule has 1 saturated carbocycles. The molecule has 0 aromatic heterocycles. The number of carbonyl (C=O) groups is 2. The van der Waals surface area contributed by atoms with E-state index in [4.69, 9.17) is 9.47 Å². The Morgan fingerprint density at radius 2 is 1.70 bits per heavy atom. The molecular weight excluding hydrogens is 258 g/mol. The van der Waals surface area contributed by atoms with Crippen molar-refractivity contribution < 1.29 is 19.1 Å². The minimum atomic E-state index is -0.442. The van der Waals surface area contributed by atoms with Gasteiger partial charge < -0.3 is 14.4 Å². The van der Waals surface area contributed by atoms with Gasteiger partial charge in [-0.3, -0.25) is 4.79 Å². The topological polar surface area (TPSA) is 55.8 Å². The first-order valence-electron chi connectivity index (χ1n) is 7.33. The van der Waals surface area contributed by atoms with E-state index in [-0.39, 0.29) is 12.1 Å². The van der Waals surface area contributed by atoms with Gasteiger partial charge in [-0.15, -0.1) is 0 Å². The lowest BCUT2D eigenvalue weighted by atomic mass is 10.0. The van der Waals surface area contributed by atoms with Crippen LogP contribution in [0.15, 0.2) is 0 Å². The van der Waals surface area contributed by atoms with Gasteiger partial charge in [0.25, 0.3) is 0 Å². The number of amides is 1. The average Bonchev–Trinajstić information content (AvgIpc) is 2.84. The molecule has 1 unspecified atom stereocenters. The van der Waals surface area contributed by atoms with Gasteiger partial charge in [0.2, 0.25) is 0 Å². The van der Waals surface area contributed by atoms with E-state index in [0.717, 1.165) is 25.9 Å². The van der Waals surface area contributed by atoms with Gasteiger partial charge in [0.15, 0.2) is 0 Å². The molecule has 2 aliphatic rings. The van der Waals surface area contributed by atoms with Crippen molar-refractivity contribution in [3.05, 3.63) is 0 Å². The molecule has 2 fully saturated rings. The van der Waals surface area contributed by atoms with Crippen molar-refractivity contribution in [1.82, 2.24) is 4.90 Å². The first-order valence-corrected chi connectivity index (χ1v) is 7.33. The maximum Gasteiger partial charge on any atom is 0.410 e. The summed E-state index contributed by atoms with van der Waals surface area (Å²) in [6.07, 6.45) is 2.32. The van der Waals surface area contributed by atoms with Gasteiger partial charge in [0.1, 0.15) is 5.60 Å². The number of ether oxygens (including phenoxy) is 2. The van der Waals surface area contributed by atoms with E-state index in [2.05, 4.69) is 0 Å². The van der Waals surface area contributed by atoms with Crippen molar-refractivity contribution in [3.63, 3.8) is 0 Å². The summed E-state index contributed by atoms with van der Waals surface area (Å²) in [4.78, 5) is 25.2. The fraction of sp³-hybridized carbons (Fsp3) is 0.867. The van der Waals surface area contributed by atoms with Crippen LogP contribution in [0.25, 0.3) is 0 Å². The van der Waals surface area contributed by atoms with Gasteiger partial charge in [0.05, 0.1) is 7.11 Å². The third-order valence-electron chi connectivity index (χ3n) is 4.18. The lowest BCUT2D eigenvalue weighted by molar-refractivity contribution is -0.141. The minimum Gasteiger partial charge on any atom is -0.469 e. The van der Waals surface area contributed by atoms with Crippen LogP contribution < -0.4 is 0 Å². The molecule has 5 nitrogen and oxygen atoms in total. The minimum absolute atomic E-state index is 0.126. The molecule has 114 valence electrons. The van der Waals surface area contributed by atoms with E-state index in [1.807, 2.05) is 25.7 Å². The van der Waals surface area contributed by atoms with Crippen LogP contribution in [-0.4, -0.2) is 42.8 Å². The SMILES string of the molecule is COC(=O)CC1C[C@@H]2CN(C(=O)OC(C)(C)C)C[C@@H]2C1. The second-order valence-corrected chi connectivity index (χ2v) is 7.02. The molecule has 1 heterocycles. The number of esters is 1. The Morgan fingerprint density at radius 3 is 2.15 bits per heavy atom. The van der Waals surface area contributed by atoms with Crippen molar-refractivity contribution in [1.29, 1.82) is 0 Å². The van der Waals surface area contributed by atoms with E-state index in [0.29, 0.717) is 24.2 Å². The number of methoxy groups -OCH3 is 1. The zero-order valence-electron chi connectivity index (χ0n) is 12.8. The molecule has 3 atom stereocenters. The summed E-state index contributed by atoms with van der Waals surface area (Å²) in [5.74, 6) is 1.31. The number of nitrogens with zero attached hydrogens (tertiary/aromatic N) is 1. The molecule has 1 saturated heterocycles. The Morgan fingerprint density at radius 1 is 1.15 bits per heavy atom. The highest BCUT2D eigenvalue weighted by atomic mass is 16.6. The first-order chi connectivity index (χ1) is 9.28. The quantitative estimate of drug-likeness (QED) is 0.730. The van der Waals surface area contributed by atoms with E-state index < -0.39 is 5.60 Å². The molecule has 0 spiro atoms. The molecular formula is C15H25NO4. The molecule has 0 aromatic carbocycles. The fourth-order valence-corrected chi connectivity index (χ4v) is 3.39. The summed E-state index contributed by atoms with van der Waals surface area (Å²) in [6, 6.07) is 0. The summed E-state index contributed by atoms with van der Waals surface area (Å²) >= 11 is 0. The maximum absolute atomic E-state index is 12.0. The molecule has 0 radical (unpaired) electrons. The second-order valence-electron chi connectivity index (χ2n) is 7.02. The van der Waals surface area contributed by atoms with Gasteiger partial charge in [-0.25, -0.2) is 4.79 Å². The fourth-order valence-electron chi connectivity index (χ4n) is 3.39. The van der Waals surface area contributed by atoms with Crippen molar-refractivity contribution in [3.8, 4) is 0 Å². The third kappa shape index (κ3) is 3.64. The lowest BCUT2D eigenvalue weighted by Crippen LogP contribution is -2.36. The van der Waals surface area contributed by atoms with E-state index in [1.165, 1.54) is 7.11 Å². The molecule has 5 heteroatoms. The van der Waals surface area contributed by atoms with Crippen LogP contribution in [0.5, 0.6) is 0 Å². The number of rotatable bonds is 2. The lowest BCUT2D eigenvalue weighted by Gasteiger charge is -2.25. The van der Waals surface area contributed by atoms with E-state index in [9.17, 15) is 9.59 Å². The summed E-state index contributed by atoms with van der Waals surface area (Å²) in [5.41, 5.74) is -0.442. The summed E-state index contributed by atoms with van der Waals surface area (Å²) in [5, 5.41) is 0. The molecule has 1 aliphatic heterocycles. The van der Waals surface area contributed by atoms with E-state index >= 15 is 0 Å². The van der Waals surface area contributed by atoms with Crippen molar-refractivity contribution in [2.75, 3.05) is 20.2 Å². The van der Waals surface area contributed by atoms with Crippen LogP contribution in [0, 0.1) is 17.8 Å². The maximum atomic E-state index is 12.0. The molecule has 20 heavy (non-hydrogen) atoms. The predicted octanol–water partition coefficient (Wildman–Crippen LogP) is 2.44. The van der Waals surface area contributed by atoms with Gasteiger partial charge in [-0.1, -0.05) is 0 Å².